The lowest BCUT2D eigenvalue weighted by atomic mass is 9.33. The number of hydrogen-bond donors (Lipinski definition) is 13. The molecule has 0 radical (unpaired) electrons. The zero-order valence-corrected chi connectivity index (χ0v) is 48.6. The molecule has 1 unspecified atom stereocenters. The molecule has 0 amide bonds. The van der Waals surface area contributed by atoms with Crippen LogP contribution >= 0.6 is 0 Å². The predicted molar refractivity (Wildman–Crippen MR) is 282 cm³/mol. The molecule has 4 heterocycles. The molecule has 4 aliphatic heterocycles. The van der Waals surface area contributed by atoms with Crippen LogP contribution in [-0.4, -0.2) is 234 Å². The number of unbranched alkanes of at least 4 members (excludes halogenated alkanes) is 1. The van der Waals surface area contributed by atoms with Gasteiger partial charge in [0.15, 0.2) is 25.0 Å². The van der Waals surface area contributed by atoms with E-state index in [1.165, 1.54) is 5.57 Å². The Morgan fingerprint density at radius 2 is 1.11 bits per heavy atom. The average molecular weight is 1180 g/mol. The smallest absolute Gasteiger partial charge is 0.338 e. The van der Waals surface area contributed by atoms with E-state index in [-0.39, 0.29) is 46.0 Å². The van der Waals surface area contributed by atoms with Gasteiger partial charge in [0.1, 0.15) is 91.6 Å². The average Bonchev–Trinajstić information content (AvgIpc) is 1.19. The fourth-order valence-electron chi connectivity index (χ4n) is 16.9. The highest BCUT2D eigenvalue weighted by Crippen LogP contribution is 2.76. The minimum Gasteiger partial charge on any atom is -0.464 e. The summed E-state index contributed by atoms with van der Waals surface area (Å²) in [5, 5.41) is 140. The first-order valence-electron chi connectivity index (χ1n) is 29.8. The van der Waals surface area contributed by atoms with Gasteiger partial charge in [-0.15, -0.1) is 0 Å². The summed E-state index contributed by atoms with van der Waals surface area (Å²) in [5.41, 5.74) is -1.49. The number of aliphatic hydroxyl groups excluding tert-OH is 13. The van der Waals surface area contributed by atoms with E-state index >= 15 is 0 Å². The minimum atomic E-state index is -2.03. The van der Waals surface area contributed by atoms with Crippen LogP contribution in [0.1, 0.15) is 132 Å². The highest BCUT2D eigenvalue weighted by atomic mass is 16.8. The molecular formula is C58H94O24. The monoisotopic (exact) mass is 1170 g/mol. The Labute approximate surface area is 478 Å². The van der Waals surface area contributed by atoms with Crippen molar-refractivity contribution in [3.8, 4) is 0 Å². The van der Waals surface area contributed by atoms with Crippen LogP contribution in [0.4, 0.5) is 0 Å². The number of carbonyl (C=O) groups is 2. The van der Waals surface area contributed by atoms with Crippen LogP contribution < -0.4 is 0 Å². The second-order valence-electron chi connectivity index (χ2n) is 27.5. The van der Waals surface area contributed by atoms with E-state index in [1.807, 2.05) is 6.92 Å². The lowest BCUT2D eigenvalue weighted by Crippen LogP contribution is -2.69. The van der Waals surface area contributed by atoms with Gasteiger partial charge in [-0.25, -0.2) is 4.79 Å². The molecular weight excluding hydrogens is 1080 g/mol. The van der Waals surface area contributed by atoms with E-state index in [1.54, 1.807) is 0 Å². The van der Waals surface area contributed by atoms with E-state index in [4.69, 9.17) is 42.6 Å². The summed E-state index contributed by atoms with van der Waals surface area (Å²) in [6.07, 6.45) is -25.9. The van der Waals surface area contributed by atoms with Gasteiger partial charge in [0.05, 0.1) is 37.9 Å². The van der Waals surface area contributed by atoms with Crippen molar-refractivity contribution in [1.29, 1.82) is 0 Å². The fourth-order valence-corrected chi connectivity index (χ4v) is 16.9. The summed E-state index contributed by atoms with van der Waals surface area (Å²) in [6, 6.07) is 0. The molecule has 0 aromatic carbocycles. The summed E-state index contributed by atoms with van der Waals surface area (Å²) >= 11 is 0. The number of fused-ring (bicyclic) bond motifs is 7. The third-order valence-electron chi connectivity index (χ3n) is 22.1. The van der Waals surface area contributed by atoms with E-state index in [0.717, 1.165) is 19.3 Å². The summed E-state index contributed by atoms with van der Waals surface area (Å²) in [6.45, 7) is 15.3. The maximum absolute atomic E-state index is 14.9. The number of aliphatic hydroxyl groups is 13. The van der Waals surface area contributed by atoms with Crippen molar-refractivity contribution in [3.05, 3.63) is 11.6 Å². The van der Waals surface area contributed by atoms with Gasteiger partial charge in [-0.1, -0.05) is 73.5 Å². The van der Waals surface area contributed by atoms with Gasteiger partial charge in [0.25, 0.3) is 0 Å². The molecule has 28 atom stereocenters. The number of rotatable bonds is 15. The predicted octanol–water partition coefficient (Wildman–Crippen LogP) is -0.684. The van der Waals surface area contributed by atoms with E-state index in [9.17, 15) is 76.0 Å². The van der Waals surface area contributed by atoms with Crippen LogP contribution in [-0.2, 0) is 52.2 Å². The van der Waals surface area contributed by atoms with Crippen LogP contribution in [0, 0.1) is 50.2 Å². The molecule has 82 heavy (non-hydrogen) atoms. The van der Waals surface area contributed by atoms with Crippen molar-refractivity contribution in [3.63, 3.8) is 0 Å². The second kappa shape index (κ2) is 24.1. The van der Waals surface area contributed by atoms with Crippen molar-refractivity contribution < 1.29 is 119 Å². The van der Waals surface area contributed by atoms with Gasteiger partial charge >= 0.3 is 11.9 Å². The van der Waals surface area contributed by atoms with Crippen LogP contribution in [0.25, 0.3) is 0 Å². The molecule has 470 valence electrons. The molecule has 13 N–H and O–H groups in total. The standard InChI is InChI=1S/C58H94O24/c1-9-10-21-74-47(72)45-43(71)44(79-48-40(68)37(65)34(62)28(23-59)75-48)46(81-49-41(69)38(66)35(63)29(24-60)76-49)51(80-45)78-33-14-15-55(6)31(54(33,4)5)13-16-57(8)32(55)12-11-26-27-22-53(2,3)17-19-58(27,20-18-56(26,57)7)52(73)82-50-42(70)39(67)36(64)30(25-61)77-50/h11,27-46,48-51,59-71H,9-10,12-25H2,1-8H3/t27-,28-,29+,30+,31-,32+,33-,34+,35+,36+,37+,38-,39-,40-,41+,42+,43-,44-,45-,46+,48+,49-,50?,51+,55-,56+,57+,58-/m0/s1. The molecule has 8 fully saturated rings. The molecule has 0 bridgehead atoms. The Hall–Kier alpha value is -2.12. The molecule has 4 saturated heterocycles. The lowest BCUT2D eigenvalue weighted by Gasteiger charge is -2.71. The Morgan fingerprint density at radius 3 is 1.67 bits per heavy atom. The number of esters is 2. The van der Waals surface area contributed by atoms with Crippen LogP contribution in [0.2, 0.25) is 0 Å². The first kappa shape index (κ1) is 64.4. The third-order valence-corrected chi connectivity index (χ3v) is 22.1. The van der Waals surface area contributed by atoms with Gasteiger partial charge in [0, 0.05) is 0 Å². The van der Waals surface area contributed by atoms with Gasteiger partial charge < -0.3 is 109 Å². The number of carbonyl (C=O) groups excluding carboxylic acids is 2. The van der Waals surface area contributed by atoms with Crippen LogP contribution in [0.3, 0.4) is 0 Å². The normalized spacial score (nSPS) is 50.8. The molecule has 5 aliphatic carbocycles. The first-order chi connectivity index (χ1) is 38.5. The van der Waals surface area contributed by atoms with Gasteiger partial charge in [-0.3, -0.25) is 4.79 Å². The highest BCUT2D eigenvalue weighted by Gasteiger charge is 2.70. The van der Waals surface area contributed by atoms with Crippen molar-refractivity contribution in [2.45, 2.75) is 261 Å². The minimum absolute atomic E-state index is 0.00449. The van der Waals surface area contributed by atoms with E-state index < -0.39 is 172 Å². The lowest BCUT2D eigenvalue weighted by molar-refractivity contribution is -0.396. The van der Waals surface area contributed by atoms with Crippen LogP contribution in [0.5, 0.6) is 0 Å². The van der Waals surface area contributed by atoms with Crippen molar-refractivity contribution in [1.82, 2.24) is 0 Å². The zero-order chi connectivity index (χ0) is 60.0. The molecule has 24 heteroatoms. The first-order valence-corrected chi connectivity index (χ1v) is 29.8. The topological polar surface area (TPSA) is 380 Å². The second-order valence-corrected chi connectivity index (χ2v) is 27.5. The summed E-state index contributed by atoms with van der Waals surface area (Å²) in [7, 11) is 0. The van der Waals surface area contributed by atoms with Crippen molar-refractivity contribution in [2.24, 2.45) is 50.2 Å². The Kier molecular flexibility index (Phi) is 18.9. The van der Waals surface area contributed by atoms with Gasteiger partial charge in [0.2, 0.25) is 6.29 Å². The maximum Gasteiger partial charge on any atom is 0.338 e. The molecule has 0 aromatic rings. The third kappa shape index (κ3) is 10.9. The largest absolute Gasteiger partial charge is 0.464 e. The summed E-state index contributed by atoms with van der Waals surface area (Å²) in [4.78, 5) is 28.9. The Balaban J connectivity index is 1.02. The highest BCUT2D eigenvalue weighted by molar-refractivity contribution is 5.79. The molecule has 4 saturated carbocycles. The van der Waals surface area contributed by atoms with Crippen LogP contribution in [0.15, 0.2) is 11.6 Å². The van der Waals surface area contributed by atoms with E-state index in [0.29, 0.717) is 57.8 Å². The SMILES string of the molecule is CCCCOC(=O)[C@H]1O[C@@H](O[C@H]2CC[C@]3(C)[C@H]4CC=C5[C@@H]6CC(C)(C)CC[C@]6(C(=O)OC6O[C@H](CO)[C@@H](O)[C@H](O)[C@H]6O)CC[C@@]5(C)[C@]4(C)CC[C@H]3C2(C)C)[C@H](O[C@@H]2O[C@H](CO)[C@@H](O)[C@H](O)[C@H]2O)[C@@H](O[C@H]2O[C@@H](CO)[C@@H](O)[C@@H](O)[C@@H]2O)[C@@H]1O. The molecule has 24 nitrogen and oxygen atoms in total. The Bertz CT molecular complexity index is 2260. The molecule has 9 rings (SSSR count). The van der Waals surface area contributed by atoms with Crippen molar-refractivity contribution >= 4 is 11.9 Å². The number of hydrogen-bond acceptors (Lipinski definition) is 24. The van der Waals surface area contributed by atoms with Gasteiger partial charge in [-0.05, 0) is 115 Å². The fraction of sp³-hybridized carbons (Fsp3) is 0.931. The Morgan fingerprint density at radius 1 is 0.573 bits per heavy atom. The van der Waals surface area contributed by atoms with Gasteiger partial charge in [-0.2, -0.15) is 0 Å². The molecule has 0 aromatic heterocycles. The zero-order valence-electron chi connectivity index (χ0n) is 48.6. The maximum atomic E-state index is 14.9. The number of ether oxygens (including phenoxy) is 9. The number of allylic oxidation sites excluding steroid dienone is 2. The van der Waals surface area contributed by atoms with Crippen molar-refractivity contribution in [2.75, 3.05) is 26.4 Å². The van der Waals surface area contributed by atoms with E-state index in [2.05, 4.69) is 54.5 Å². The quantitative estimate of drug-likeness (QED) is 0.0418. The molecule has 9 aliphatic rings. The summed E-state index contributed by atoms with van der Waals surface area (Å²) in [5.74, 6) is -1.63. The molecule has 0 spiro atoms. The summed E-state index contributed by atoms with van der Waals surface area (Å²) < 4.78 is 54.9.